The summed E-state index contributed by atoms with van der Waals surface area (Å²) in [6, 6.07) is 10.4. The summed E-state index contributed by atoms with van der Waals surface area (Å²) in [5, 5.41) is 2.65. The highest BCUT2D eigenvalue weighted by Gasteiger charge is 2.18. The lowest BCUT2D eigenvalue weighted by atomic mass is 10.1. The topological polar surface area (TPSA) is 110 Å². The van der Waals surface area contributed by atoms with Crippen LogP contribution in [0.25, 0.3) is 0 Å². The minimum Gasteiger partial charge on any atom is -0.442 e. The highest BCUT2D eigenvalue weighted by molar-refractivity contribution is 6.08. The molecule has 0 aliphatic rings. The quantitative estimate of drug-likeness (QED) is 0.452. The third kappa shape index (κ3) is 6.14. The molecule has 132 valence electrons. The maximum Gasteiger partial charge on any atom is 0.435 e. The van der Waals surface area contributed by atoms with Crippen LogP contribution in [-0.4, -0.2) is 28.4 Å². The van der Waals surface area contributed by atoms with Crippen LogP contribution in [0.4, 0.5) is 10.5 Å². The lowest BCUT2D eigenvalue weighted by Gasteiger charge is -2.18. The Bertz CT molecular complexity index is 757. The van der Waals surface area contributed by atoms with Crippen LogP contribution in [0.1, 0.15) is 36.8 Å². The monoisotopic (exact) mass is 342 g/mol. The molecule has 2 rings (SSSR count). The lowest BCUT2D eigenvalue weighted by molar-refractivity contribution is 0.0603. The van der Waals surface area contributed by atoms with Crippen LogP contribution in [0.5, 0.6) is 0 Å². The molecule has 2 aromatic rings. The largest absolute Gasteiger partial charge is 0.442 e. The van der Waals surface area contributed by atoms with Crippen molar-refractivity contribution in [1.82, 2.24) is 10.3 Å². The molecule has 7 heteroatoms. The number of aliphatic imine (C=N–C) groups is 1. The van der Waals surface area contributed by atoms with Crippen molar-refractivity contribution in [3.63, 3.8) is 0 Å². The number of nitrogens with one attached hydrogen (secondary N) is 2. The van der Waals surface area contributed by atoms with E-state index in [1.165, 1.54) is 0 Å². The number of nitrogen functional groups attached to an aromatic ring is 1. The first-order chi connectivity index (χ1) is 11.7. The average Bonchev–Trinajstić information content (AvgIpc) is 3.02. The van der Waals surface area contributed by atoms with Gasteiger partial charge in [-0.15, -0.1) is 0 Å². The molecule has 0 spiro atoms. The van der Waals surface area contributed by atoms with Crippen LogP contribution < -0.4 is 11.1 Å². The maximum absolute atomic E-state index is 12.2. The summed E-state index contributed by atoms with van der Waals surface area (Å²) >= 11 is 0. The fourth-order valence-corrected chi connectivity index (χ4v) is 2.01. The van der Waals surface area contributed by atoms with Gasteiger partial charge in [0.2, 0.25) is 0 Å². The van der Waals surface area contributed by atoms with Crippen molar-refractivity contribution in [1.29, 1.82) is 0 Å². The Morgan fingerprint density at radius 3 is 2.44 bits per heavy atom. The number of anilines is 1. The molecule has 0 bridgehead atoms. The molecular formula is C18H22N4O3. The second-order valence-electron chi connectivity index (χ2n) is 6.50. The molecule has 2 amide bonds. The van der Waals surface area contributed by atoms with Gasteiger partial charge in [0.05, 0.1) is 0 Å². The van der Waals surface area contributed by atoms with Gasteiger partial charge in [0.1, 0.15) is 17.1 Å². The number of benzene rings is 1. The molecule has 0 aliphatic carbocycles. The van der Waals surface area contributed by atoms with E-state index in [2.05, 4.69) is 15.3 Å². The van der Waals surface area contributed by atoms with Gasteiger partial charge in [0.25, 0.3) is 5.91 Å². The van der Waals surface area contributed by atoms with Gasteiger partial charge in [-0.1, -0.05) is 12.1 Å². The normalized spacial score (nSPS) is 11.9. The van der Waals surface area contributed by atoms with Gasteiger partial charge in [-0.05, 0) is 50.6 Å². The van der Waals surface area contributed by atoms with Gasteiger partial charge in [0, 0.05) is 18.3 Å². The minimum absolute atomic E-state index is 0.193. The molecule has 0 saturated carbocycles. The Morgan fingerprint density at radius 1 is 1.20 bits per heavy atom. The number of hydrogen-bond donors (Lipinski definition) is 3. The lowest BCUT2D eigenvalue weighted by Crippen LogP contribution is -2.34. The number of aromatic amines is 1. The zero-order chi connectivity index (χ0) is 18.4. The third-order valence-corrected chi connectivity index (χ3v) is 3.07. The highest BCUT2D eigenvalue weighted by atomic mass is 16.6. The summed E-state index contributed by atoms with van der Waals surface area (Å²) in [6.45, 7) is 5.24. The summed E-state index contributed by atoms with van der Waals surface area (Å²) in [6.07, 6.45) is 1.13. The molecule has 1 aromatic carbocycles. The molecule has 0 unspecified atom stereocenters. The Morgan fingerprint density at radius 2 is 1.88 bits per heavy atom. The van der Waals surface area contributed by atoms with Crippen LogP contribution in [0.2, 0.25) is 0 Å². The van der Waals surface area contributed by atoms with E-state index < -0.39 is 11.7 Å². The second-order valence-corrected chi connectivity index (χ2v) is 6.50. The van der Waals surface area contributed by atoms with Gasteiger partial charge in [-0.3, -0.25) is 4.79 Å². The molecule has 4 N–H and O–H groups in total. The Balaban J connectivity index is 2.19. The van der Waals surface area contributed by atoms with E-state index in [0.717, 1.165) is 5.56 Å². The first-order valence-corrected chi connectivity index (χ1v) is 7.82. The summed E-state index contributed by atoms with van der Waals surface area (Å²) in [5.41, 5.74) is 6.85. The van der Waals surface area contributed by atoms with E-state index >= 15 is 0 Å². The number of carbonyl (C=O) groups is 2. The molecule has 25 heavy (non-hydrogen) atoms. The number of nitrogens with zero attached hydrogens (tertiary/aromatic N) is 1. The highest BCUT2D eigenvalue weighted by Crippen LogP contribution is 2.10. The summed E-state index contributed by atoms with van der Waals surface area (Å²) in [5.74, 6) is -0.193. The van der Waals surface area contributed by atoms with Crippen molar-refractivity contribution >= 4 is 23.5 Å². The van der Waals surface area contributed by atoms with Crippen LogP contribution in [0.3, 0.4) is 0 Å². The fraction of sp³-hybridized carbons (Fsp3) is 0.278. The maximum atomic E-state index is 12.2. The fourth-order valence-electron chi connectivity index (χ4n) is 2.01. The summed E-state index contributed by atoms with van der Waals surface area (Å²) in [7, 11) is 0. The van der Waals surface area contributed by atoms with Gasteiger partial charge >= 0.3 is 6.09 Å². The van der Waals surface area contributed by atoms with E-state index in [0.29, 0.717) is 11.4 Å². The number of hydrogen-bond acceptors (Lipinski definition) is 4. The van der Waals surface area contributed by atoms with E-state index in [4.69, 9.17) is 10.5 Å². The van der Waals surface area contributed by atoms with Gasteiger partial charge in [-0.25, -0.2) is 4.79 Å². The molecule has 0 atom stereocenters. The smallest absolute Gasteiger partial charge is 0.435 e. The summed E-state index contributed by atoms with van der Waals surface area (Å²) in [4.78, 5) is 30.9. The molecule has 7 nitrogen and oxygen atoms in total. The van der Waals surface area contributed by atoms with Crippen LogP contribution in [0, 0.1) is 0 Å². The van der Waals surface area contributed by atoms with Crippen LogP contribution >= 0.6 is 0 Å². The van der Waals surface area contributed by atoms with Gasteiger partial charge in [0.15, 0.2) is 0 Å². The average molecular weight is 342 g/mol. The number of ether oxygens (including phenoxy) is 1. The van der Waals surface area contributed by atoms with Crippen molar-refractivity contribution in [2.75, 3.05) is 5.73 Å². The van der Waals surface area contributed by atoms with E-state index in [9.17, 15) is 9.59 Å². The molecular weight excluding hydrogens is 320 g/mol. The first kappa shape index (κ1) is 18.3. The number of nitrogens with two attached hydrogens (primary N) is 1. The number of amidine groups is 1. The van der Waals surface area contributed by atoms with Gasteiger partial charge in [-0.2, -0.15) is 4.99 Å². The Labute approximate surface area is 146 Å². The molecule has 0 radical (unpaired) electrons. The second kappa shape index (κ2) is 7.65. The SMILES string of the molecule is CC(C)(C)OC(=O)N=C(Cc1ccc(N)cc1)NC(=O)c1ccc[nH]1. The molecule has 0 fully saturated rings. The van der Waals surface area contributed by atoms with E-state index in [1.54, 1.807) is 63.4 Å². The van der Waals surface area contributed by atoms with Crippen molar-refractivity contribution in [3.8, 4) is 0 Å². The van der Waals surface area contributed by atoms with Crippen molar-refractivity contribution in [2.24, 2.45) is 4.99 Å². The van der Waals surface area contributed by atoms with Crippen LogP contribution in [0.15, 0.2) is 47.6 Å². The van der Waals surface area contributed by atoms with Crippen molar-refractivity contribution in [2.45, 2.75) is 32.8 Å². The molecule has 1 heterocycles. The predicted octanol–water partition coefficient (Wildman–Crippen LogP) is 2.90. The minimum atomic E-state index is -0.760. The summed E-state index contributed by atoms with van der Waals surface area (Å²) < 4.78 is 5.19. The predicted molar refractivity (Wildman–Crippen MR) is 96.5 cm³/mol. The third-order valence-electron chi connectivity index (χ3n) is 3.07. The standard InChI is InChI=1S/C18H22N4O3/c1-18(2,3)25-17(24)22-15(11-12-6-8-13(19)9-7-12)21-16(23)14-5-4-10-20-14/h4-10,20H,11,19H2,1-3H3,(H,21,22,23,24). The van der Waals surface area contributed by atoms with Crippen molar-refractivity contribution in [3.05, 3.63) is 53.9 Å². The molecule has 0 saturated heterocycles. The number of H-pyrrole nitrogens is 1. The number of carbonyl (C=O) groups excluding carboxylic acids is 2. The number of aromatic nitrogens is 1. The van der Waals surface area contributed by atoms with E-state index in [-0.39, 0.29) is 18.2 Å². The molecule has 0 aliphatic heterocycles. The van der Waals surface area contributed by atoms with Crippen molar-refractivity contribution < 1.29 is 14.3 Å². The van der Waals surface area contributed by atoms with E-state index in [1.807, 2.05) is 0 Å². The number of amides is 2. The number of rotatable bonds is 3. The zero-order valence-electron chi connectivity index (χ0n) is 14.5. The Hall–Kier alpha value is -3.09. The van der Waals surface area contributed by atoms with Crippen LogP contribution in [-0.2, 0) is 11.2 Å². The first-order valence-electron chi connectivity index (χ1n) is 7.82. The Kier molecular flexibility index (Phi) is 5.59. The zero-order valence-corrected chi connectivity index (χ0v) is 14.5. The van der Waals surface area contributed by atoms with Gasteiger partial charge < -0.3 is 20.8 Å². The molecule has 1 aromatic heterocycles.